The van der Waals surface area contributed by atoms with Crippen LogP contribution in [-0.2, 0) is 14.6 Å². The van der Waals surface area contributed by atoms with Gasteiger partial charge in [-0.2, -0.15) is 0 Å². The molecule has 1 aliphatic rings. The van der Waals surface area contributed by atoms with Crippen LogP contribution in [-0.4, -0.2) is 39.3 Å². The van der Waals surface area contributed by atoms with Crippen LogP contribution in [0, 0.1) is 0 Å². The molecular weight excluding hydrogens is 352 g/mol. The molecule has 0 aromatic heterocycles. The van der Waals surface area contributed by atoms with Crippen molar-refractivity contribution in [3.63, 3.8) is 0 Å². The molecule has 8 heteroatoms. The average molecular weight is 371 g/mol. The Kier molecular flexibility index (Phi) is 5.79. The number of halogens is 1. The first-order valence-electron chi connectivity index (χ1n) is 7.50. The van der Waals surface area contributed by atoms with Gasteiger partial charge < -0.3 is 11.1 Å². The number of hydrogen-bond acceptors (Lipinski definition) is 6. The van der Waals surface area contributed by atoms with Crippen LogP contribution in [0.1, 0.15) is 29.6 Å². The van der Waals surface area contributed by atoms with Gasteiger partial charge in [-0.15, -0.1) is 0 Å². The first-order valence-corrected chi connectivity index (χ1v) is 9.77. The number of sulfone groups is 1. The van der Waals surface area contributed by atoms with Crippen LogP contribution < -0.4 is 11.1 Å². The highest BCUT2D eigenvalue weighted by Crippen LogP contribution is 2.28. The average Bonchev–Trinajstić information content (AvgIpc) is 2.51. The van der Waals surface area contributed by atoms with E-state index in [1.807, 2.05) is 0 Å². The zero-order valence-corrected chi connectivity index (χ0v) is 14.8. The molecule has 0 heterocycles. The highest BCUT2D eigenvalue weighted by Gasteiger charge is 2.28. The Balaban J connectivity index is 2.45. The smallest absolute Gasteiger partial charge is 0.199 e. The van der Waals surface area contributed by atoms with Crippen molar-refractivity contribution in [3.05, 3.63) is 40.1 Å². The molecule has 1 aromatic carbocycles. The van der Waals surface area contributed by atoms with Crippen molar-refractivity contribution in [2.45, 2.75) is 24.2 Å². The summed E-state index contributed by atoms with van der Waals surface area (Å²) in [5.41, 5.74) is 6.23. The largest absolute Gasteiger partial charge is 0.386 e. The molecule has 0 spiro atoms. The quantitative estimate of drug-likeness (QED) is 0.580. The van der Waals surface area contributed by atoms with Gasteiger partial charge in [0.1, 0.15) is 0 Å². The zero-order chi connectivity index (χ0) is 17.9. The molecule has 0 atom stereocenters. The predicted octanol–water partition coefficient (Wildman–Crippen LogP) is 1.48. The lowest BCUT2D eigenvalue weighted by atomic mass is 9.89. The van der Waals surface area contributed by atoms with E-state index in [0.29, 0.717) is 38.0 Å². The standard InChI is InChI=1S/C16H19ClN2O4S/c1-24(22,23)10-5-6-11(12(17)9-10)16(21)15-13(19-8-7-18)3-2-4-14(15)20/h5-6,9,19H,2-4,7-8,18H2,1H3. The van der Waals surface area contributed by atoms with Gasteiger partial charge in [0.2, 0.25) is 0 Å². The van der Waals surface area contributed by atoms with E-state index in [9.17, 15) is 18.0 Å². The molecular formula is C16H19ClN2O4S. The first kappa shape index (κ1) is 18.6. The van der Waals surface area contributed by atoms with Crippen molar-refractivity contribution >= 4 is 33.0 Å². The van der Waals surface area contributed by atoms with Crippen LogP contribution in [0.4, 0.5) is 0 Å². The number of Topliss-reactive ketones (excluding diaryl/α,β-unsaturated/α-hetero) is 2. The number of hydrogen-bond donors (Lipinski definition) is 2. The summed E-state index contributed by atoms with van der Waals surface area (Å²) >= 11 is 6.09. The number of ketones is 2. The van der Waals surface area contributed by atoms with E-state index in [2.05, 4.69) is 5.32 Å². The van der Waals surface area contributed by atoms with Gasteiger partial charge in [0.05, 0.1) is 15.5 Å². The molecule has 0 saturated heterocycles. The normalized spacial score (nSPS) is 15.5. The lowest BCUT2D eigenvalue weighted by Crippen LogP contribution is -2.29. The third-order valence-electron chi connectivity index (χ3n) is 3.73. The summed E-state index contributed by atoms with van der Waals surface area (Å²) in [6, 6.07) is 3.89. The Labute approximate surface area is 146 Å². The SMILES string of the molecule is CS(=O)(=O)c1ccc(C(=O)C2=C(NCCN)CCCC2=O)c(Cl)c1. The molecule has 0 saturated carbocycles. The van der Waals surface area contributed by atoms with Crippen LogP contribution in [0.5, 0.6) is 0 Å². The lowest BCUT2D eigenvalue weighted by molar-refractivity contribution is -0.115. The van der Waals surface area contributed by atoms with Crippen molar-refractivity contribution in [2.75, 3.05) is 19.3 Å². The molecule has 130 valence electrons. The molecule has 1 aromatic rings. The number of carbonyl (C=O) groups excluding carboxylic acids is 2. The second kappa shape index (κ2) is 7.46. The van der Waals surface area contributed by atoms with Crippen molar-refractivity contribution < 1.29 is 18.0 Å². The van der Waals surface area contributed by atoms with Crippen LogP contribution in [0.2, 0.25) is 5.02 Å². The van der Waals surface area contributed by atoms with Gasteiger partial charge in [-0.25, -0.2) is 8.42 Å². The van der Waals surface area contributed by atoms with Crippen LogP contribution in [0.15, 0.2) is 34.4 Å². The maximum absolute atomic E-state index is 12.8. The molecule has 3 N–H and O–H groups in total. The monoisotopic (exact) mass is 370 g/mol. The summed E-state index contributed by atoms with van der Waals surface area (Å²) in [6.07, 6.45) is 2.62. The maximum Gasteiger partial charge on any atom is 0.199 e. The number of nitrogens with two attached hydrogens (primary N) is 1. The van der Waals surface area contributed by atoms with E-state index in [-0.39, 0.29) is 26.8 Å². The van der Waals surface area contributed by atoms with Gasteiger partial charge in [-0.3, -0.25) is 9.59 Å². The fraction of sp³-hybridized carbons (Fsp3) is 0.375. The molecule has 0 fully saturated rings. The highest BCUT2D eigenvalue weighted by atomic mass is 35.5. The predicted molar refractivity (Wildman–Crippen MR) is 91.8 cm³/mol. The van der Waals surface area contributed by atoms with Crippen LogP contribution in [0.25, 0.3) is 0 Å². The fourth-order valence-corrected chi connectivity index (χ4v) is 3.53. The van der Waals surface area contributed by atoms with Crippen LogP contribution in [0.3, 0.4) is 0 Å². The zero-order valence-electron chi connectivity index (χ0n) is 13.3. The van der Waals surface area contributed by atoms with E-state index in [1.54, 1.807) is 0 Å². The number of rotatable bonds is 6. The third-order valence-corrected chi connectivity index (χ3v) is 5.16. The minimum Gasteiger partial charge on any atom is -0.386 e. The summed E-state index contributed by atoms with van der Waals surface area (Å²) in [6.45, 7) is 0.836. The van der Waals surface area contributed by atoms with Gasteiger partial charge in [0, 0.05) is 37.0 Å². The summed E-state index contributed by atoms with van der Waals surface area (Å²) in [7, 11) is -3.43. The molecule has 0 unspecified atom stereocenters. The molecule has 0 aliphatic heterocycles. The number of allylic oxidation sites excluding steroid dienone is 2. The third kappa shape index (κ3) is 4.03. The number of nitrogens with one attached hydrogen (secondary N) is 1. The van der Waals surface area contributed by atoms with Crippen LogP contribution >= 0.6 is 11.6 Å². The molecule has 6 nitrogen and oxygen atoms in total. The van der Waals surface area contributed by atoms with Gasteiger partial charge in [0.25, 0.3) is 0 Å². The minimum absolute atomic E-state index is 0.00646. The maximum atomic E-state index is 12.8. The highest BCUT2D eigenvalue weighted by molar-refractivity contribution is 7.90. The lowest BCUT2D eigenvalue weighted by Gasteiger charge is -2.20. The fourth-order valence-electron chi connectivity index (χ4n) is 2.55. The van der Waals surface area contributed by atoms with E-state index in [4.69, 9.17) is 17.3 Å². The van der Waals surface area contributed by atoms with Gasteiger partial charge in [-0.05, 0) is 31.0 Å². The Morgan fingerprint density at radius 2 is 2.04 bits per heavy atom. The van der Waals surface area contributed by atoms with E-state index >= 15 is 0 Å². The second-order valence-corrected chi connectivity index (χ2v) is 8.01. The molecule has 0 bridgehead atoms. The van der Waals surface area contributed by atoms with Gasteiger partial charge in [0.15, 0.2) is 21.4 Å². The molecule has 0 amide bonds. The summed E-state index contributed by atoms with van der Waals surface area (Å²) < 4.78 is 23.1. The number of benzene rings is 1. The molecule has 1 aliphatic carbocycles. The Morgan fingerprint density at radius 1 is 1.33 bits per heavy atom. The Morgan fingerprint density at radius 3 is 2.62 bits per heavy atom. The van der Waals surface area contributed by atoms with Gasteiger partial charge in [-0.1, -0.05) is 11.6 Å². The molecule has 2 rings (SSSR count). The second-order valence-electron chi connectivity index (χ2n) is 5.59. The Bertz CT molecular complexity index is 815. The van der Waals surface area contributed by atoms with E-state index < -0.39 is 15.6 Å². The molecule has 0 radical (unpaired) electrons. The van der Waals surface area contributed by atoms with Gasteiger partial charge >= 0.3 is 0 Å². The number of carbonyl (C=O) groups is 2. The van der Waals surface area contributed by atoms with Crippen molar-refractivity contribution in [3.8, 4) is 0 Å². The minimum atomic E-state index is -3.43. The van der Waals surface area contributed by atoms with E-state index in [1.165, 1.54) is 18.2 Å². The van der Waals surface area contributed by atoms with Crippen molar-refractivity contribution in [1.82, 2.24) is 5.32 Å². The van der Waals surface area contributed by atoms with Crippen molar-refractivity contribution in [2.24, 2.45) is 5.73 Å². The topological polar surface area (TPSA) is 106 Å². The van der Waals surface area contributed by atoms with Crippen molar-refractivity contribution in [1.29, 1.82) is 0 Å². The first-order chi connectivity index (χ1) is 11.3. The van der Waals surface area contributed by atoms with E-state index in [0.717, 1.165) is 6.26 Å². The summed E-state index contributed by atoms with van der Waals surface area (Å²) in [5.74, 6) is -0.738. The summed E-state index contributed by atoms with van der Waals surface area (Å²) in [4.78, 5) is 25.0. The molecule has 24 heavy (non-hydrogen) atoms. The summed E-state index contributed by atoms with van der Waals surface area (Å²) in [5, 5.41) is 3.04. The Hall–Kier alpha value is -1.70.